The summed E-state index contributed by atoms with van der Waals surface area (Å²) >= 11 is 1.23. The molecule has 0 aliphatic heterocycles. The van der Waals surface area contributed by atoms with Gasteiger partial charge in [-0.1, -0.05) is 12.8 Å². The Balaban J connectivity index is 1.51. The molecule has 1 aliphatic carbocycles. The first-order valence-corrected chi connectivity index (χ1v) is 9.89. The van der Waals surface area contributed by atoms with Crippen molar-refractivity contribution in [3.8, 4) is 0 Å². The number of pyridine rings is 2. The van der Waals surface area contributed by atoms with Crippen LogP contribution in [-0.2, 0) is 0 Å². The van der Waals surface area contributed by atoms with E-state index in [4.69, 9.17) is 11.1 Å². The van der Waals surface area contributed by atoms with E-state index < -0.39 is 0 Å². The normalized spacial score (nSPS) is 15.1. The highest BCUT2D eigenvalue weighted by Crippen LogP contribution is 2.30. The number of thioether (sulfide) groups is 1. The molecule has 0 spiro atoms. The Bertz CT molecular complexity index is 1010. The predicted octanol–water partition coefficient (Wildman–Crippen LogP) is 4.01. The second-order valence-corrected chi connectivity index (χ2v) is 7.61. The van der Waals surface area contributed by atoms with Crippen LogP contribution in [0.1, 0.15) is 25.7 Å². The summed E-state index contributed by atoms with van der Waals surface area (Å²) < 4.78 is 0. The number of amidine groups is 1. The molecular weight excluding hydrogens is 372 g/mol. The van der Waals surface area contributed by atoms with Crippen LogP contribution in [0.15, 0.2) is 48.0 Å². The predicted molar refractivity (Wildman–Crippen MR) is 113 cm³/mol. The lowest BCUT2D eigenvalue weighted by atomic mass is 10.1. The maximum absolute atomic E-state index is 8.20. The minimum atomic E-state index is 0.322. The molecule has 3 heterocycles. The third kappa shape index (κ3) is 4.42. The largest absolute Gasteiger partial charge is 0.378 e. The Morgan fingerprint density at radius 3 is 2.82 bits per heavy atom. The second kappa shape index (κ2) is 8.30. The molecule has 9 heteroatoms. The molecule has 1 saturated carbocycles. The van der Waals surface area contributed by atoms with Crippen LogP contribution in [0.4, 0.5) is 17.3 Å². The summed E-state index contributed by atoms with van der Waals surface area (Å²) in [4.78, 5) is 21.4. The highest BCUT2D eigenvalue weighted by Gasteiger charge is 2.20. The van der Waals surface area contributed by atoms with Crippen LogP contribution < -0.4 is 11.1 Å². The fourth-order valence-electron chi connectivity index (χ4n) is 3.16. The lowest BCUT2D eigenvalue weighted by Crippen LogP contribution is -2.14. The Labute approximate surface area is 166 Å². The van der Waals surface area contributed by atoms with Crippen molar-refractivity contribution in [3.63, 3.8) is 0 Å². The molecule has 8 nitrogen and oxygen atoms in total. The van der Waals surface area contributed by atoms with Crippen molar-refractivity contribution >= 4 is 50.3 Å². The molecule has 4 rings (SSSR count). The Morgan fingerprint density at radius 2 is 2.04 bits per heavy atom. The van der Waals surface area contributed by atoms with E-state index >= 15 is 0 Å². The van der Waals surface area contributed by atoms with Crippen LogP contribution in [0.2, 0.25) is 0 Å². The molecule has 28 heavy (non-hydrogen) atoms. The van der Waals surface area contributed by atoms with E-state index in [0.29, 0.717) is 33.3 Å². The zero-order valence-corrected chi connectivity index (χ0v) is 16.0. The summed E-state index contributed by atoms with van der Waals surface area (Å²) in [5, 5.41) is 12.3. The van der Waals surface area contributed by atoms with Crippen LogP contribution >= 0.6 is 11.8 Å². The first-order chi connectivity index (χ1) is 13.7. The first-order valence-electron chi connectivity index (χ1n) is 9.08. The third-order valence-corrected chi connectivity index (χ3v) is 5.40. The number of nitrogens with zero attached hydrogens (tertiary/aromatic N) is 5. The minimum absolute atomic E-state index is 0.322. The molecule has 0 bridgehead atoms. The van der Waals surface area contributed by atoms with Crippen molar-refractivity contribution in [2.45, 2.75) is 25.7 Å². The lowest BCUT2D eigenvalue weighted by Gasteiger charge is -2.09. The maximum Gasteiger partial charge on any atom is 0.166 e. The van der Waals surface area contributed by atoms with Crippen molar-refractivity contribution < 1.29 is 0 Å². The number of rotatable bonds is 4. The van der Waals surface area contributed by atoms with Gasteiger partial charge in [0.15, 0.2) is 11.0 Å². The zero-order chi connectivity index (χ0) is 19.3. The van der Waals surface area contributed by atoms with Gasteiger partial charge >= 0.3 is 0 Å². The third-order valence-electron chi connectivity index (χ3n) is 4.54. The molecule has 0 unspecified atom stereocenters. The quantitative estimate of drug-likeness (QED) is 0.452. The van der Waals surface area contributed by atoms with Crippen LogP contribution in [0, 0.1) is 11.3 Å². The summed E-state index contributed by atoms with van der Waals surface area (Å²) in [5.41, 5.74) is 8.27. The van der Waals surface area contributed by atoms with E-state index in [1.54, 1.807) is 24.5 Å². The summed E-state index contributed by atoms with van der Waals surface area (Å²) in [5.74, 6) is 1.50. The average molecular weight is 392 g/mol. The number of aromatic nitrogens is 4. The van der Waals surface area contributed by atoms with E-state index in [1.807, 2.05) is 12.1 Å². The smallest absolute Gasteiger partial charge is 0.166 e. The van der Waals surface area contributed by atoms with Crippen molar-refractivity contribution in [1.82, 2.24) is 19.9 Å². The summed E-state index contributed by atoms with van der Waals surface area (Å²) in [6.07, 6.45) is 9.39. The number of hydrogen-bond acceptors (Lipinski definition) is 8. The van der Waals surface area contributed by atoms with Gasteiger partial charge in [-0.15, -0.1) is 0 Å². The van der Waals surface area contributed by atoms with Crippen molar-refractivity contribution in [2.75, 3.05) is 5.32 Å². The van der Waals surface area contributed by atoms with E-state index in [2.05, 4.69) is 30.2 Å². The zero-order valence-electron chi connectivity index (χ0n) is 15.2. The molecular formula is C19H20N8S. The lowest BCUT2D eigenvalue weighted by molar-refractivity contribution is 0.736. The molecule has 0 radical (unpaired) electrons. The van der Waals surface area contributed by atoms with Gasteiger partial charge in [0, 0.05) is 12.1 Å². The van der Waals surface area contributed by atoms with Crippen molar-refractivity contribution in [3.05, 3.63) is 43.0 Å². The minimum Gasteiger partial charge on any atom is -0.378 e. The number of aliphatic imine (C=N–C) groups is 1. The number of fused-ring (bicyclic) bond motifs is 1. The van der Waals surface area contributed by atoms with E-state index in [9.17, 15) is 0 Å². The molecule has 1 aliphatic rings. The van der Waals surface area contributed by atoms with E-state index in [0.717, 1.165) is 24.0 Å². The second-order valence-electron chi connectivity index (χ2n) is 6.55. The highest BCUT2D eigenvalue weighted by atomic mass is 32.2. The standard InChI is InChI=1S/C19H20N8S/c20-18(12-3-1-2-4-12)28-19(21)27-17-6-5-14-15(26-17)9-13(10-23-14)25-16-7-8-22-11-24-16/h5-12,20H,1-4H2,(H2,21,26,27)(H,22,24,25). The molecule has 3 aromatic heterocycles. The van der Waals surface area contributed by atoms with Gasteiger partial charge < -0.3 is 11.1 Å². The van der Waals surface area contributed by atoms with Gasteiger partial charge in [-0.3, -0.25) is 10.4 Å². The monoisotopic (exact) mass is 392 g/mol. The fourth-order valence-corrected chi connectivity index (χ4v) is 3.93. The average Bonchev–Trinajstić information content (AvgIpc) is 3.23. The molecule has 0 saturated heterocycles. The van der Waals surface area contributed by atoms with Crippen LogP contribution in [0.25, 0.3) is 11.0 Å². The van der Waals surface area contributed by atoms with Crippen LogP contribution in [-0.4, -0.2) is 30.1 Å². The number of nitrogens with one attached hydrogen (secondary N) is 2. The molecule has 4 N–H and O–H groups in total. The van der Waals surface area contributed by atoms with Crippen LogP contribution in [0.5, 0.6) is 0 Å². The van der Waals surface area contributed by atoms with Gasteiger partial charge in [0.2, 0.25) is 0 Å². The summed E-state index contributed by atoms with van der Waals surface area (Å²) in [6.45, 7) is 0. The first kappa shape index (κ1) is 18.3. The molecule has 142 valence electrons. The fraction of sp³-hybridized carbons (Fsp3) is 0.263. The van der Waals surface area contributed by atoms with Gasteiger partial charge in [0.05, 0.1) is 28.0 Å². The summed E-state index contributed by atoms with van der Waals surface area (Å²) in [6, 6.07) is 7.29. The Kier molecular flexibility index (Phi) is 5.43. The van der Waals surface area contributed by atoms with E-state index in [1.165, 1.54) is 30.9 Å². The van der Waals surface area contributed by atoms with E-state index in [-0.39, 0.29) is 0 Å². The number of nitrogens with two attached hydrogens (primary N) is 1. The van der Waals surface area contributed by atoms with Gasteiger partial charge in [-0.05, 0) is 48.9 Å². The topological polar surface area (TPSA) is 126 Å². The van der Waals surface area contributed by atoms with Crippen molar-refractivity contribution in [1.29, 1.82) is 5.41 Å². The Morgan fingerprint density at radius 1 is 1.18 bits per heavy atom. The Hall–Kier alpha value is -3.07. The van der Waals surface area contributed by atoms with Gasteiger partial charge in [-0.2, -0.15) is 0 Å². The molecule has 0 amide bonds. The molecule has 0 atom stereocenters. The highest BCUT2D eigenvalue weighted by molar-refractivity contribution is 8.26. The van der Waals surface area contributed by atoms with Gasteiger partial charge in [0.1, 0.15) is 12.1 Å². The van der Waals surface area contributed by atoms with Crippen LogP contribution in [0.3, 0.4) is 0 Å². The summed E-state index contributed by atoms with van der Waals surface area (Å²) in [7, 11) is 0. The maximum atomic E-state index is 8.20. The molecule has 3 aromatic rings. The SMILES string of the molecule is N=C(SC(N)=Nc1ccc2ncc(Nc3ccncn3)cc2n1)C1CCCC1. The molecule has 0 aromatic carbocycles. The molecule has 1 fully saturated rings. The number of anilines is 2. The van der Waals surface area contributed by atoms with Gasteiger partial charge in [-0.25, -0.2) is 19.9 Å². The number of hydrogen-bond donors (Lipinski definition) is 3. The van der Waals surface area contributed by atoms with Gasteiger partial charge in [0.25, 0.3) is 0 Å². The van der Waals surface area contributed by atoms with Crippen molar-refractivity contribution in [2.24, 2.45) is 16.6 Å².